The first-order valence-corrected chi connectivity index (χ1v) is 6.13. The first kappa shape index (κ1) is 13.3. The zero-order valence-electron chi connectivity index (χ0n) is 10.7. The van der Waals surface area contributed by atoms with Crippen LogP contribution in [0.3, 0.4) is 0 Å². The topological polar surface area (TPSA) is 63.7 Å². The number of carbonyl (C=O) groups excluding carboxylic acids is 3. The predicted octanol–water partition coefficient (Wildman–Crippen LogP) is 1.90. The Morgan fingerprint density at radius 3 is 2.63 bits per heavy atom. The van der Waals surface area contributed by atoms with Gasteiger partial charge in [0.05, 0.1) is 0 Å². The highest BCUT2D eigenvalue weighted by molar-refractivity contribution is 6.00. The number of rotatable bonds is 3. The van der Waals surface area contributed by atoms with Crippen LogP contribution in [0.15, 0.2) is 30.3 Å². The molecule has 100 valence electrons. The molecule has 0 spiro atoms. The van der Waals surface area contributed by atoms with E-state index in [9.17, 15) is 14.4 Å². The van der Waals surface area contributed by atoms with Gasteiger partial charge in [0, 0.05) is 6.42 Å². The minimum Gasteiger partial charge on any atom is -0.444 e. The lowest BCUT2D eigenvalue weighted by Gasteiger charge is -2.20. The third-order valence-corrected chi connectivity index (χ3v) is 3.08. The molecule has 19 heavy (non-hydrogen) atoms. The summed E-state index contributed by atoms with van der Waals surface area (Å²) in [4.78, 5) is 35.8. The second kappa shape index (κ2) is 5.65. The second-order valence-corrected chi connectivity index (χ2v) is 4.47. The molecule has 0 N–H and O–H groups in total. The summed E-state index contributed by atoms with van der Waals surface area (Å²) < 4.78 is 5.08. The summed E-state index contributed by atoms with van der Waals surface area (Å²) in [7, 11) is 0. The standard InChI is InChI=1S/C14H15NO4/c1-10(16)12-7-8-13(17)15(12)14(18)19-9-11-5-3-2-4-6-11/h2-6,12H,7-9H2,1H3. The van der Waals surface area contributed by atoms with Gasteiger partial charge in [0.2, 0.25) is 5.91 Å². The van der Waals surface area contributed by atoms with Gasteiger partial charge >= 0.3 is 6.09 Å². The molecule has 1 aliphatic heterocycles. The molecule has 0 radical (unpaired) electrons. The quantitative estimate of drug-likeness (QED) is 0.833. The van der Waals surface area contributed by atoms with Crippen molar-refractivity contribution in [3.8, 4) is 0 Å². The Labute approximate surface area is 111 Å². The Morgan fingerprint density at radius 2 is 2.00 bits per heavy atom. The van der Waals surface area contributed by atoms with Gasteiger partial charge in [-0.1, -0.05) is 30.3 Å². The minimum atomic E-state index is -0.744. The van der Waals surface area contributed by atoms with Crippen molar-refractivity contribution in [3.05, 3.63) is 35.9 Å². The average molecular weight is 261 g/mol. The first-order chi connectivity index (χ1) is 9.09. The number of hydrogen-bond acceptors (Lipinski definition) is 4. The van der Waals surface area contributed by atoms with Crippen LogP contribution in [0.25, 0.3) is 0 Å². The van der Waals surface area contributed by atoms with Crippen molar-refractivity contribution in [2.24, 2.45) is 0 Å². The molecule has 1 unspecified atom stereocenters. The molecule has 0 aliphatic carbocycles. The van der Waals surface area contributed by atoms with E-state index in [1.165, 1.54) is 6.92 Å². The lowest BCUT2D eigenvalue weighted by atomic mass is 10.1. The molecule has 5 nitrogen and oxygen atoms in total. The maximum Gasteiger partial charge on any atom is 0.417 e. The summed E-state index contributed by atoms with van der Waals surface area (Å²) in [6.07, 6.45) is -0.147. The van der Waals surface area contributed by atoms with Crippen molar-refractivity contribution in [1.29, 1.82) is 0 Å². The third kappa shape index (κ3) is 2.99. The number of ether oxygens (including phenoxy) is 1. The SMILES string of the molecule is CC(=O)C1CCC(=O)N1C(=O)OCc1ccccc1. The van der Waals surface area contributed by atoms with E-state index in [-0.39, 0.29) is 24.7 Å². The first-order valence-electron chi connectivity index (χ1n) is 6.13. The number of benzene rings is 1. The van der Waals surface area contributed by atoms with Crippen LogP contribution < -0.4 is 0 Å². The summed E-state index contributed by atoms with van der Waals surface area (Å²) in [5.74, 6) is -0.541. The van der Waals surface area contributed by atoms with E-state index >= 15 is 0 Å². The van der Waals surface area contributed by atoms with Crippen LogP contribution >= 0.6 is 0 Å². The zero-order chi connectivity index (χ0) is 13.8. The Bertz CT molecular complexity index is 497. The van der Waals surface area contributed by atoms with E-state index < -0.39 is 12.1 Å². The highest BCUT2D eigenvalue weighted by Gasteiger charge is 2.39. The molecule has 1 fully saturated rings. The van der Waals surface area contributed by atoms with Crippen LogP contribution in [0.1, 0.15) is 25.3 Å². The van der Waals surface area contributed by atoms with Crippen molar-refractivity contribution < 1.29 is 19.1 Å². The molecule has 1 saturated heterocycles. The predicted molar refractivity (Wildman–Crippen MR) is 67.2 cm³/mol. The van der Waals surface area contributed by atoms with E-state index in [0.29, 0.717) is 6.42 Å². The highest BCUT2D eigenvalue weighted by atomic mass is 16.6. The maximum absolute atomic E-state index is 11.9. The number of amides is 2. The fourth-order valence-corrected chi connectivity index (χ4v) is 2.09. The third-order valence-electron chi connectivity index (χ3n) is 3.08. The largest absolute Gasteiger partial charge is 0.444 e. The van der Waals surface area contributed by atoms with Crippen LogP contribution in [0.4, 0.5) is 4.79 Å². The zero-order valence-corrected chi connectivity index (χ0v) is 10.7. The smallest absolute Gasteiger partial charge is 0.417 e. The number of carbonyl (C=O) groups is 3. The molecule has 5 heteroatoms. The van der Waals surface area contributed by atoms with Gasteiger partial charge in [-0.05, 0) is 18.9 Å². The van der Waals surface area contributed by atoms with E-state index in [2.05, 4.69) is 0 Å². The van der Waals surface area contributed by atoms with Crippen molar-refractivity contribution >= 4 is 17.8 Å². The molecule has 0 saturated carbocycles. The number of imide groups is 1. The molecule has 1 atom stereocenters. The van der Waals surface area contributed by atoms with Gasteiger partial charge in [0.15, 0.2) is 5.78 Å². The second-order valence-electron chi connectivity index (χ2n) is 4.47. The lowest BCUT2D eigenvalue weighted by Crippen LogP contribution is -2.42. The number of ketones is 1. The van der Waals surface area contributed by atoms with E-state index in [1.54, 1.807) is 0 Å². The molecular weight excluding hydrogens is 246 g/mol. The summed E-state index contributed by atoms with van der Waals surface area (Å²) in [6.45, 7) is 1.47. The van der Waals surface area contributed by atoms with E-state index in [1.807, 2.05) is 30.3 Å². The Kier molecular flexibility index (Phi) is 3.94. The number of Topliss-reactive ketones (excluding diaryl/α,β-unsaturated/α-hetero) is 1. The van der Waals surface area contributed by atoms with Gasteiger partial charge in [-0.15, -0.1) is 0 Å². The highest BCUT2D eigenvalue weighted by Crippen LogP contribution is 2.20. The maximum atomic E-state index is 11.9. The van der Waals surface area contributed by atoms with Crippen molar-refractivity contribution in [2.75, 3.05) is 0 Å². The summed E-state index contributed by atoms with van der Waals surface area (Å²) in [5, 5.41) is 0. The van der Waals surface area contributed by atoms with Crippen LogP contribution in [-0.4, -0.2) is 28.7 Å². The van der Waals surface area contributed by atoms with Crippen molar-refractivity contribution in [1.82, 2.24) is 4.90 Å². The molecule has 1 aromatic carbocycles. The number of nitrogens with zero attached hydrogens (tertiary/aromatic N) is 1. The molecular formula is C14H15NO4. The van der Waals surface area contributed by atoms with E-state index in [4.69, 9.17) is 4.74 Å². The molecule has 1 heterocycles. The normalized spacial score (nSPS) is 18.5. The number of likely N-dealkylation sites (tertiary alicyclic amines) is 1. The molecule has 0 bridgehead atoms. The van der Waals surface area contributed by atoms with Gasteiger partial charge in [0.1, 0.15) is 12.6 Å². The molecule has 2 rings (SSSR count). The molecule has 2 amide bonds. The number of hydrogen-bond donors (Lipinski definition) is 0. The Hall–Kier alpha value is -2.17. The Balaban J connectivity index is 1.99. The van der Waals surface area contributed by atoms with Crippen LogP contribution in [0.2, 0.25) is 0 Å². The van der Waals surface area contributed by atoms with E-state index in [0.717, 1.165) is 10.5 Å². The molecule has 1 aliphatic rings. The lowest BCUT2D eigenvalue weighted by molar-refractivity contribution is -0.132. The van der Waals surface area contributed by atoms with Gasteiger partial charge in [-0.3, -0.25) is 9.59 Å². The molecule has 1 aromatic rings. The minimum absolute atomic E-state index is 0.0913. The van der Waals surface area contributed by atoms with Gasteiger partial charge in [-0.25, -0.2) is 9.69 Å². The van der Waals surface area contributed by atoms with Crippen LogP contribution in [0.5, 0.6) is 0 Å². The summed E-state index contributed by atoms with van der Waals surface area (Å²) in [6, 6.07) is 8.51. The van der Waals surface area contributed by atoms with Crippen molar-refractivity contribution in [2.45, 2.75) is 32.4 Å². The average Bonchev–Trinajstić information content (AvgIpc) is 2.79. The Morgan fingerprint density at radius 1 is 1.32 bits per heavy atom. The summed E-state index contributed by atoms with van der Waals surface area (Å²) >= 11 is 0. The van der Waals surface area contributed by atoms with Gasteiger partial charge in [0.25, 0.3) is 0 Å². The molecule has 0 aromatic heterocycles. The monoisotopic (exact) mass is 261 g/mol. The van der Waals surface area contributed by atoms with Gasteiger partial charge < -0.3 is 4.74 Å². The van der Waals surface area contributed by atoms with Crippen molar-refractivity contribution in [3.63, 3.8) is 0 Å². The van der Waals surface area contributed by atoms with Gasteiger partial charge in [-0.2, -0.15) is 0 Å². The summed E-state index contributed by atoms with van der Waals surface area (Å²) in [5.41, 5.74) is 0.835. The fraction of sp³-hybridized carbons (Fsp3) is 0.357. The fourth-order valence-electron chi connectivity index (χ4n) is 2.09. The van der Waals surface area contributed by atoms with Crippen LogP contribution in [-0.2, 0) is 20.9 Å². The van der Waals surface area contributed by atoms with Crippen LogP contribution in [0, 0.1) is 0 Å².